The summed E-state index contributed by atoms with van der Waals surface area (Å²) in [6, 6.07) is 13.7. The molecule has 16 heavy (non-hydrogen) atoms. The maximum atomic E-state index is 11.9. The Bertz CT molecular complexity index is 556. The Kier molecular flexibility index (Phi) is 3.03. The number of hydrogen-bond donors (Lipinski definition) is 0. The molecule has 0 fully saturated rings. The molecule has 0 heterocycles. The molecule has 0 aliphatic rings. The number of fused-ring (bicyclic) bond motifs is 1. The van der Waals surface area contributed by atoms with Gasteiger partial charge in [0.2, 0.25) is 0 Å². The lowest BCUT2D eigenvalue weighted by atomic mass is 9.99. The van der Waals surface area contributed by atoms with Crippen LogP contribution in [-0.2, 0) is 0 Å². The van der Waals surface area contributed by atoms with Gasteiger partial charge < -0.3 is 0 Å². The summed E-state index contributed by atoms with van der Waals surface area (Å²) in [6.45, 7) is 0. The first kappa shape index (κ1) is 10.4. The van der Waals surface area contributed by atoms with Crippen molar-refractivity contribution in [2.24, 2.45) is 0 Å². The van der Waals surface area contributed by atoms with E-state index < -0.39 is 0 Å². The zero-order valence-corrected chi connectivity index (χ0v) is 8.94. The number of hydrogen-bond acceptors (Lipinski definition) is 1. The zero-order valence-electron chi connectivity index (χ0n) is 8.94. The molecule has 0 N–H and O–H groups in total. The Hall–Kier alpha value is -2.07. The highest BCUT2D eigenvalue weighted by molar-refractivity contribution is 6.08. The van der Waals surface area contributed by atoms with Gasteiger partial charge in [-0.1, -0.05) is 42.5 Å². The van der Waals surface area contributed by atoms with E-state index in [0.29, 0.717) is 12.8 Å². The van der Waals surface area contributed by atoms with E-state index in [-0.39, 0.29) is 5.78 Å². The lowest BCUT2D eigenvalue weighted by Crippen LogP contribution is -1.99. The third kappa shape index (κ3) is 1.97. The number of carbonyl (C=O) groups excluding carboxylic acids is 1. The normalized spacial score (nSPS) is 9.94. The summed E-state index contributed by atoms with van der Waals surface area (Å²) in [5.74, 6) is 2.62. The van der Waals surface area contributed by atoms with Crippen LogP contribution in [0.5, 0.6) is 0 Å². The molecule has 0 aromatic heterocycles. The highest BCUT2D eigenvalue weighted by Gasteiger charge is 2.08. The van der Waals surface area contributed by atoms with Crippen LogP contribution < -0.4 is 0 Å². The fraction of sp³-hybridized carbons (Fsp3) is 0.133. The van der Waals surface area contributed by atoms with E-state index in [2.05, 4.69) is 5.92 Å². The molecular formula is C15H12O. The minimum absolute atomic E-state index is 0.120. The first-order valence-electron chi connectivity index (χ1n) is 5.27. The van der Waals surface area contributed by atoms with Crippen molar-refractivity contribution >= 4 is 16.6 Å². The van der Waals surface area contributed by atoms with Crippen LogP contribution in [0, 0.1) is 12.3 Å². The Morgan fingerprint density at radius 3 is 2.69 bits per heavy atom. The van der Waals surface area contributed by atoms with Crippen molar-refractivity contribution in [2.75, 3.05) is 0 Å². The van der Waals surface area contributed by atoms with Crippen LogP contribution in [0.2, 0.25) is 0 Å². The van der Waals surface area contributed by atoms with E-state index in [4.69, 9.17) is 6.42 Å². The first-order valence-corrected chi connectivity index (χ1v) is 5.27. The van der Waals surface area contributed by atoms with Crippen molar-refractivity contribution in [3.63, 3.8) is 0 Å². The van der Waals surface area contributed by atoms with Gasteiger partial charge in [-0.2, -0.15) is 0 Å². The van der Waals surface area contributed by atoms with Crippen molar-refractivity contribution in [1.82, 2.24) is 0 Å². The Morgan fingerprint density at radius 2 is 1.88 bits per heavy atom. The summed E-state index contributed by atoms with van der Waals surface area (Å²) in [4.78, 5) is 11.9. The summed E-state index contributed by atoms with van der Waals surface area (Å²) in [7, 11) is 0. The average molecular weight is 208 g/mol. The van der Waals surface area contributed by atoms with Gasteiger partial charge in [0, 0.05) is 18.4 Å². The van der Waals surface area contributed by atoms with Gasteiger partial charge in [-0.25, -0.2) is 0 Å². The SMILES string of the molecule is C#CCCC(=O)c1cccc2ccccc12. The van der Waals surface area contributed by atoms with Gasteiger partial charge in [-0.05, 0) is 10.8 Å². The van der Waals surface area contributed by atoms with Crippen molar-refractivity contribution in [1.29, 1.82) is 0 Å². The molecule has 1 nitrogen and oxygen atoms in total. The minimum atomic E-state index is 0.120. The predicted molar refractivity (Wildman–Crippen MR) is 66.3 cm³/mol. The fourth-order valence-corrected chi connectivity index (χ4v) is 1.79. The predicted octanol–water partition coefficient (Wildman–Crippen LogP) is 3.44. The number of ketones is 1. The molecule has 2 aromatic rings. The van der Waals surface area contributed by atoms with Crippen LogP contribution in [0.15, 0.2) is 42.5 Å². The molecule has 0 bridgehead atoms. The summed E-state index contributed by atoms with van der Waals surface area (Å²) >= 11 is 0. The third-order valence-corrected chi connectivity index (χ3v) is 2.59. The van der Waals surface area contributed by atoms with E-state index in [1.807, 2.05) is 42.5 Å². The quantitative estimate of drug-likeness (QED) is 0.558. The molecule has 0 atom stereocenters. The van der Waals surface area contributed by atoms with Crippen LogP contribution in [-0.4, -0.2) is 5.78 Å². The van der Waals surface area contributed by atoms with Gasteiger partial charge in [0.15, 0.2) is 5.78 Å². The maximum absolute atomic E-state index is 11.9. The van der Waals surface area contributed by atoms with Gasteiger partial charge >= 0.3 is 0 Å². The Balaban J connectivity index is 2.45. The van der Waals surface area contributed by atoms with Crippen LogP contribution in [0.25, 0.3) is 10.8 Å². The Labute approximate surface area is 95.1 Å². The fourth-order valence-electron chi connectivity index (χ4n) is 1.79. The minimum Gasteiger partial charge on any atom is -0.294 e. The lowest BCUT2D eigenvalue weighted by molar-refractivity contribution is 0.0986. The highest BCUT2D eigenvalue weighted by Crippen LogP contribution is 2.20. The molecule has 0 saturated carbocycles. The second-order valence-electron chi connectivity index (χ2n) is 3.65. The molecule has 78 valence electrons. The number of Topliss-reactive ketones (excluding diaryl/α,β-unsaturated/α-hetero) is 1. The van der Waals surface area contributed by atoms with Crippen LogP contribution >= 0.6 is 0 Å². The second-order valence-corrected chi connectivity index (χ2v) is 3.65. The number of benzene rings is 2. The molecule has 0 unspecified atom stereocenters. The van der Waals surface area contributed by atoms with E-state index in [0.717, 1.165) is 16.3 Å². The molecule has 0 radical (unpaired) electrons. The van der Waals surface area contributed by atoms with Gasteiger partial charge in [0.1, 0.15) is 0 Å². The summed E-state index contributed by atoms with van der Waals surface area (Å²) in [5.41, 5.74) is 0.772. The largest absolute Gasteiger partial charge is 0.294 e. The lowest BCUT2D eigenvalue weighted by Gasteiger charge is -2.04. The molecule has 1 heteroatoms. The van der Waals surface area contributed by atoms with Crippen LogP contribution in [0.3, 0.4) is 0 Å². The first-order chi connectivity index (χ1) is 7.83. The number of carbonyl (C=O) groups is 1. The monoisotopic (exact) mass is 208 g/mol. The van der Waals surface area contributed by atoms with Crippen molar-refractivity contribution in [3.05, 3.63) is 48.0 Å². The van der Waals surface area contributed by atoms with Crippen molar-refractivity contribution in [2.45, 2.75) is 12.8 Å². The topological polar surface area (TPSA) is 17.1 Å². The highest BCUT2D eigenvalue weighted by atomic mass is 16.1. The number of rotatable bonds is 3. The molecule has 0 aliphatic carbocycles. The van der Waals surface area contributed by atoms with Crippen molar-refractivity contribution < 1.29 is 4.79 Å². The second kappa shape index (κ2) is 4.63. The smallest absolute Gasteiger partial charge is 0.164 e. The zero-order chi connectivity index (χ0) is 11.4. The van der Waals surface area contributed by atoms with E-state index in [9.17, 15) is 4.79 Å². The summed E-state index contributed by atoms with van der Waals surface area (Å²) in [5, 5.41) is 2.10. The van der Waals surface area contributed by atoms with E-state index in [1.165, 1.54) is 0 Å². The van der Waals surface area contributed by atoms with Gasteiger partial charge in [0.25, 0.3) is 0 Å². The van der Waals surface area contributed by atoms with Gasteiger partial charge in [-0.15, -0.1) is 12.3 Å². The standard InChI is InChI=1S/C15H12O/c1-2-3-11-15(16)14-10-6-8-12-7-4-5-9-13(12)14/h1,4-10H,3,11H2. The molecule has 0 amide bonds. The summed E-state index contributed by atoms with van der Waals surface area (Å²) < 4.78 is 0. The summed E-state index contributed by atoms with van der Waals surface area (Å²) in [6.07, 6.45) is 6.09. The molecule has 0 aliphatic heterocycles. The van der Waals surface area contributed by atoms with Gasteiger partial charge in [0.05, 0.1) is 0 Å². The van der Waals surface area contributed by atoms with Gasteiger partial charge in [-0.3, -0.25) is 4.79 Å². The van der Waals surface area contributed by atoms with E-state index in [1.54, 1.807) is 0 Å². The van der Waals surface area contributed by atoms with Crippen LogP contribution in [0.1, 0.15) is 23.2 Å². The number of terminal acetylenes is 1. The van der Waals surface area contributed by atoms with Crippen LogP contribution in [0.4, 0.5) is 0 Å². The molecule has 0 saturated heterocycles. The Morgan fingerprint density at radius 1 is 1.12 bits per heavy atom. The maximum Gasteiger partial charge on any atom is 0.164 e. The molecular weight excluding hydrogens is 196 g/mol. The molecule has 0 spiro atoms. The molecule has 2 aromatic carbocycles. The average Bonchev–Trinajstić information content (AvgIpc) is 2.35. The molecule has 2 rings (SSSR count). The third-order valence-electron chi connectivity index (χ3n) is 2.59. The van der Waals surface area contributed by atoms with Crippen molar-refractivity contribution in [3.8, 4) is 12.3 Å². The van der Waals surface area contributed by atoms with E-state index >= 15 is 0 Å².